The molecule has 0 radical (unpaired) electrons. The van der Waals surface area contributed by atoms with Crippen molar-refractivity contribution in [3.8, 4) is 0 Å². The number of allylic oxidation sites excluding steroid dienone is 4. The van der Waals surface area contributed by atoms with Gasteiger partial charge in [0.05, 0.1) is 5.92 Å². The van der Waals surface area contributed by atoms with Crippen LogP contribution in [0.25, 0.3) is 0 Å². The molecule has 0 spiro atoms. The molecule has 4 heteroatoms. The zero-order valence-electron chi connectivity index (χ0n) is 9.05. The molecule has 15 heavy (non-hydrogen) atoms. The van der Waals surface area contributed by atoms with Gasteiger partial charge in [-0.25, -0.2) is 0 Å². The van der Waals surface area contributed by atoms with Gasteiger partial charge < -0.3 is 0 Å². The van der Waals surface area contributed by atoms with E-state index in [1.54, 1.807) is 6.08 Å². The smallest absolute Gasteiger partial charge is 0.170 e. The Morgan fingerprint density at radius 2 is 1.47 bits per heavy atom. The maximum absolute atomic E-state index is 12.4. The van der Waals surface area contributed by atoms with Gasteiger partial charge in [0.2, 0.25) is 0 Å². The number of alkyl halides is 4. The van der Waals surface area contributed by atoms with E-state index in [-0.39, 0.29) is 0 Å². The summed E-state index contributed by atoms with van der Waals surface area (Å²) in [5.41, 5.74) is 0. The number of hydrogen-bond donors (Lipinski definition) is 0. The zero-order valence-corrected chi connectivity index (χ0v) is 9.81. The second kappa shape index (κ2) is 6.21. The molecule has 0 saturated carbocycles. The number of halogens is 4. The standard InChI is InChI=1S/C11H16ClF3/c1-8(2)6-4-5-7-10(9(3)12)11(13,14)15/h4-10H,1-3H3/b6-4+,7-5-. The summed E-state index contributed by atoms with van der Waals surface area (Å²) in [6.07, 6.45) is 1.66. The largest absolute Gasteiger partial charge is 0.396 e. The van der Waals surface area contributed by atoms with Crippen LogP contribution in [0, 0.1) is 11.8 Å². The summed E-state index contributed by atoms with van der Waals surface area (Å²) in [6.45, 7) is 5.25. The van der Waals surface area contributed by atoms with Gasteiger partial charge in [-0.3, -0.25) is 0 Å². The molecule has 88 valence electrons. The molecule has 0 aliphatic carbocycles. The van der Waals surface area contributed by atoms with Crippen molar-refractivity contribution in [2.45, 2.75) is 32.3 Å². The molecule has 0 aromatic heterocycles. The highest BCUT2D eigenvalue weighted by molar-refractivity contribution is 6.20. The van der Waals surface area contributed by atoms with Crippen LogP contribution in [-0.4, -0.2) is 11.6 Å². The maximum Gasteiger partial charge on any atom is 0.396 e. The van der Waals surface area contributed by atoms with Gasteiger partial charge in [0.15, 0.2) is 0 Å². The molecule has 0 nitrogen and oxygen atoms in total. The normalized spacial score (nSPS) is 17.9. The van der Waals surface area contributed by atoms with Crippen LogP contribution in [0.4, 0.5) is 13.2 Å². The van der Waals surface area contributed by atoms with Gasteiger partial charge in [0, 0.05) is 5.38 Å². The van der Waals surface area contributed by atoms with Gasteiger partial charge in [0.25, 0.3) is 0 Å². The van der Waals surface area contributed by atoms with Gasteiger partial charge in [-0.1, -0.05) is 38.2 Å². The minimum absolute atomic E-state index is 0.326. The summed E-state index contributed by atoms with van der Waals surface area (Å²) in [5, 5.41) is -0.950. The molecule has 0 aliphatic rings. The maximum atomic E-state index is 12.4. The Hall–Kier alpha value is -0.440. The quantitative estimate of drug-likeness (QED) is 0.499. The molecular formula is C11H16ClF3. The molecule has 0 N–H and O–H groups in total. The SMILES string of the molecule is CC(C)/C=C/C=C\C(C(C)Cl)C(F)(F)F. The highest BCUT2D eigenvalue weighted by Gasteiger charge is 2.40. The van der Waals surface area contributed by atoms with Crippen LogP contribution in [0.3, 0.4) is 0 Å². The van der Waals surface area contributed by atoms with E-state index >= 15 is 0 Å². The van der Waals surface area contributed by atoms with E-state index in [1.165, 1.54) is 13.0 Å². The monoisotopic (exact) mass is 240 g/mol. The van der Waals surface area contributed by atoms with Crippen molar-refractivity contribution in [2.24, 2.45) is 11.8 Å². The third-order valence-electron chi connectivity index (χ3n) is 1.80. The van der Waals surface area contributed by atoms with Crippen LogP contribution in [0.2, 0.25) is 0 Å². The van der Waals surface area contributed by atoms with Crippen molar-refractivity contribution in [2.75, 3.05) is 0 Å². The molecule has 2 atom stereocenters. The number of rotatable bonds is 4. The Kier molecular flexibility index (Phi) is 6.03. The Morgan fingerprint density at radius 1 is 1.00 bits per heavy atom. The van der Waals surface area contributed by atoms with Gasteiger partial charge in [-0.05, 0) is 12.8 Å². The second-order valence-corrected chi connectivity index (χ2v) is 4.45. The molecular weight excluding hydrogens is 225 g/mol. The van der Waals surface area contributed by atoms with Crippen molar-refractivity contribution >= 4 is 11.6 Å². The molecule has 0 bridgehead atoms. The Labute approximate surface area is 93.8 Å². The highest BCUT2D eigenvalue weighted by atomic mass is 35.5. The van der Waals surface area contributed by atoms with Crippen LogP contribution < -0.4 is 0 Å². The molecule has 0 amide bonds. The van der Waals surface area contributed by atoms with Crippen molar-refractivity contribution in [3.63, 3.8) is 0 Å². The molecule has 0 heterocycles. The van der Waals surface area contributed by atoms with Crippen molar-refractivity contribution in [3.05, 3.63) is 24.3 Å². The first-order chi connectivity index (χ1) is 6.75. The lowest BCUT2D eigenvalue weighted by Gasteiger charge is -2.18. The first-order valence-electron chi connectivity index (χ1n) is 4.81. The molecule has 0 saturated heterocycles. The summed E-state index contributed by atoms with van der Waals surface area (Å²) >= 11 is 5.47. The second-order valence-electron chi connectivity index (χ2n) is 3.76. The van der Waals surface area contributed by atoms with E-state index in [9.17, 15) is 13.2 Å². The van der Waals surface area contributed by atoms with Gasteiger partial charge in [-0.2, -0.15) is 13.2 Å². The van der Waals surface area contributed by atoms with Gasteiger partial charge in [-0.15, -0.1) is 11.6 Å². The van der Waals surface area contributed by atoms with Crippen molar-refractivity contribution in [1.29, 1.82) is 0 Å². The van der Waals surface area contributed by atoms with Gasteiger partial charge >= 0.3 is 6.18 Å². The van der Waals surface area contributed by atoms with E-state index in [1.807, 2.05) is 19.9 Å². The minimum atomic E-state index is -4.27. The van der Waals surface area contributed by atoms with Crippen molar-refractivity contribution in [1.82, 2.24) is 0 Å². The topological polar surface area (TPSA) is 0 Å². The van der Waals surface area contributed by atoms with E-state index in [4.69, 9.17) is 11.6 Å². The highest BCUT2D eigenvalue weighted by Crippen LogP contribution is 2.32. The summed E-state index contributed by atoms with van der Waals surface area (Å²) in [5.74, 6) is -1.26. The Bertz CT molecular complexity index is 226. The lowest BCUT2D eigenvalue weighted by molar-refractivity contribution is -0.160. The fourth-order valence-corrected chi connectivity index (χ4v) is 1.22. The fraction of sp³-hybridized carbons (Fsp3) is 0.636. The molecule has 0 aliphatic heterocycles. The van der Waals surface area contributed by atoms with Gasteiger partial charge in [0.1, 0.15) is 0 Å². The predicted molar refractivity (Wildman–Crippen MR) is 58.0 cm³/mol. The average Bonchev–Trinajstić information content (AvgIpc) is 1.99. The summed E-state index contributed by atoms with van der Waals surface area (Å²) < 4.78 is 37.2. The van der Waals surface area contributed by atoms with Crippen LogP contribution in [0.1, 0.15) is 20.8 Å². The van der Waals surface area contributed by atoms with Crippen LogP contribution >= 0.6 is 11.6 Å². The first kappa shape index (κ1) is 14.6. The Morgan fingerprint density at radius 3 is 1.80 bits per heavy atom. The lowest BCUT2D eigenvalue weighted by Crippen LogP contribution is -2.27. The summed E-state index contributed by atoms with van der Waals surface area (Å²) in [6, 6.07) is 0. The predicted octanol–water partition coefficient (Wildman–Crippen LogP) is 4.56. The molecule has 0 aromatic rings. The lowest BCUT2D eigenvalue weighted by atomic mass is 10.0. The molecule has 0 rings (SSSR count). The zero-order chi connectivity index (χ0) is 12.1. The van der Waals surface area contributed by atoms with E-state index in [2.05, 4.69) is 0 Å². The average molecular weight is 241 g/mol. The number of hydrogen-bond acceptors (Lipinski definition) is 0. The van der Waals surface area contributed by atoms with E-state index < -0.39 is 17.5 Å². The summed E-state index contributed by atoms with van der Waals surface area (Å²) in [4.78, 5) is 0. The first-order valence-corrected chi connectivity index (χ1v) is 5.24. The minimum Gasteiger partial charge on any atom is -0.170 e. The Balaban J connectivity index is 4.44. The van der Waals surface area contributed by atoms with Crippen LogP contribution in [-0.2, 0) is 0 Å². The molecule has 2 unspecified atom stereocenters. The third-order valence-corrected chi connectivity index (χ3v) is 2.07. The van der Waals surface area contributed by atoms with E-state index in [0.29, 0.717) is 5.92 Å². The van der Waals surface area contributed by atoms with E-state index in [0.717, 1.165) is 6.08 Å². The fourth-order valence-electron chi connectivity index (χ4n) is 0.993. The molecule has 0 fully saturated rings. The third kappa shape index (κ3) is 6.61. The van der Waals surface area contributed by atoms with Crippen LogP contribution in [0.5, 0.6) is 0 Å². The van der Waals surface area contributed by atoms with Crippen molar-refractivity contribution < 1.29 is 13.2 Å². The van der Waals surface area contributed by atoms with Crippen LogP contribution in [0.15, 0.2) is 24.3 Å². The molecule has 0 aromatic carbocycles. The summed E-state index contributed by atoms with van der Waals surface area (Å²) in [7, 11) is 0.